The van der Waals surface area contributed by atoms with Crippen LogP contribution in [-0.2, 0) is 19.3 Å². The van der Waals surface area contributed by atoms with Crippen LogP contribution in [0.5, 0.6) is 0 Å². The number of halogens is 1. The lowest BCUT2D eigenvalue weighted by molar-refractivity contribution is -0.132. The zero-order chi connectivity index (χ0) is 14.0. The minimum absolute atomic E-state index is 0.0428. The predicted molar refractivity (Wildman–Crippen MR) is 70.6 cm³/mol. The molecule has 0 unspecified atom stereocenters. The average molecular weight is 297 g/mol. The van der Waals surface area contributed by atoms with Gasteiger partial charge in [-0.1, -0.05) is 12.2 Å². The monoisotopic (exact) mass is 296 g/mol. The van der Waals surface area contributed by atoms with E-state index in [2.05, 4.69) is 22.1 Å². The fraction of sp³-hybridized carbons (Fsp3) is 0.500. The second-order valence-corrected chi connectivity index (χ2v) is 4.99. The van der Waals surface area contributed by atoms with Gasteiger partial charge in [0.2, 0.25) is 0 Å². The van der Waals surface area contributed by atoms with E-state index in [9.17, 15) is 13.2 Å². The highest BCUT2D eigenvalue weighted by molar-refractivity contribution is 7.84. The standard InChI is InChI=1S/C10H17ClN2O4S/c1-3-7-13(8-4-2)10(14)9-17-18(15,16)12-6-5-11/h3-4,12H,1-2,5-9H2. The quantitative estimate of drug-likeness (QED) is 0.464. The molecule has 8 heteroatoms. The first-order valence-corrected chi connectivity index (χ1v) is 7.10. The molecular weight excluding hydrogens is 280 g/mol. The van der Waals surface area contributed by atoms with E-state index in [4.69, 9.17) is 11.6 Å². The third-order valence-electron chi connectivity index (χ3n) is 1.76. The number of nitrogens with zero attached hydrogens (tertiary/aromatic N) is 1. The van der Waals surface area contributed by atoms with Gasteiger partial charge in [0.05, 0.1) is 0 Å². The molecule has 0 radical (unpaired) electrons. The highest BCUT2D eigenvalue weighted by atomic mass is 35.5. The summed E-state index contributed by atoms with van der Waals surface area (Å²) in [4.78, 5) is 13.0. The fourth-order valence-corrected chi connectivity index (χ4v) is 1.91. The van der Waals surface area contributed by atoms with Gasteiger partial charge in [0.15, 0.2) is 0 Å². The van der Waals surface area contributed by atoms with Gasteiger partial charge in [-0.15, -0.1) is 24.8 Å². The van der Waals surface area contributed by atoms with Crippen LogP contribution in [0.1, 0.15) is 0 Å². The predicted octanol–water partition coefficient (Wildman–Crippen LogP) is 0.277. The van der Waals surface area contributed by atoms with E-state index < -0.39 is 22.8 Å². The molecule has 0 rings (SSSR count). The van der Waals surface area contributed by atoms with Crippen molar-refractivity contribution in [2.75, 3.05) is 32.1 Å². The van der Waals surface area contributed by atoms with Gasteiger partial charge < -0.3 is 4.90 Å². The van der Waals surface area contributed by atoms with Crippen molar-refractivity contribution >= 4 is 27.8 Å². The third kappa shape index (κ3) is 7.44. The summed E-state index contributed by atoms with van der Waals surface area (Å²) in [5.41, 5.74) is 0. The van der Waals surface area contributed by atoms with Gasteiger partial charge in [-0.3, -0.25) is 4.79 Å². The maximum atomic E-state index is 11.6. The number of amides is 1. The summed E-state index contributed by atoms with van der Waals surface area (Å²) in [5, 5.41) is 0. The fourth-order valence-electron chi connectivity index (χ4n) is 1.01. The zero-order valence-electron chi connectivity index (χ0n) is 9.97. The van der Waals surface area contributed by atoms with E-state index in [-0.39, 0.29) is 12.4 Å². The highest BCUT2D eigenvalue weighted by Crippen LogP contribution is 1.95. The van der Waals surface area contributed by atoms with Crippen LogP contribution in [-0.4, -0.2) is 51.3 Å². The van der Waals surface area contributed by atoms with E-state index in [1.54, 1.807) is 0 Å². The summed E-state index contributed by atoms with van der Waals surface area (Å²) in [7, 11) is -3.94. The smallest absolute Gasteiger partial charge is 0.333 e. The molecule has 0 aliphatic heterocycles. The molecule has 0 saturated heterocycles. The molecule has 0 spiro atoms. The normalized spacial score (nSPS) is 10.9. The topological polar surface area (TPSA) is 75.7 Å². The first-order valence-electron chi connectivity index (χ1n) is 5.16. The first-order chi connectivity index (χ1) is 8.46. The molecule has 0 aromatic carbocycles. The highest BCUT2D eigenvalue weighted by Gasteiger charge is 2.16. The Morgan fingerprint density at radius 3 is 2.33 bits per heavy atom. The molecule has 0 aliphatic rings. The molecule has 1 amide bonds. The minimum atomic E-state index is -3.94. The minimum Gasteiger partial charge on any atom is -0.333 e. The van der Waals surface area contributed by atoms with Crippen LogP contribution in [0.2, 0.25) is 0 Å². The molecule has 0 saturated carbocycles. The van der Waals surface area contributed by atoms with Crippen LogP contribution in [0.4, 0.5) is 0 Å². The Hall–Kier alpha value is -0.890. The number of hydrogen-bond acceptors (Lipinski definition) is 4. The van der Waals surface area contributed by atoms with Crippen LogP contribution in [0, 0.1) is 0 Å². The maximum Gasteiger partial charge on any atom is 0.336 e. The van der Waals surface area contributed by atoms with Gasteiger partial charge in [0.1, 0.15) is 6.61 Å². The van der Waals surface area contributed by atoms with Gasteiger partial charge in [0, 0.05) is 25.5 Å². The summed E-state index contributed by atoms with van der Waals surface area (Å²) in [6.45, 7) is 7.06. The Morgan fingerprint density at radius 2 is 1.89 bits per heavy atom. The van der Waals surface area contributed by atoms with E-state index in [1.165, 1.54) is 17.1 Å². The molecule has 0 heterocycles. The van der Waals surface area contributed by atoms with Crippen LogP contribution in [0.25, 0.3) is 0 Å². The Labute approximate surface area is 113 Å². The van der Waals surface area contributed by atoms with Gasteiger partial charge in [-0.25, -0.2) is 4.18 Å². The van der Waals surface area contributed by atoms with Crippen molar-refractivity contribution in [2.45, 2.75) is 0 Å². The second kappa shape index (κ2) is 9.09. The Kier molecular flexibility index (Phi) is 8.65. The SMILES string of the molecule is C=CCN(CC=C)C(=O)COS(=O)(=O)NCCCl. The Morgan fingerprint density at radius 1 is 1.33 bits per heavy atom. The van der Waals surface area contributed by atoms with E-state index in [1.807, 2.05) is 0 Å². The van der Waals surface area contributed by atoms with E-state index >= 15 is 0 Å². The van der Waals surface area contributed by atoms with Crippen LogP contribution >= 0.6 is 11.6 Å². The van der Waals surface area contributed by atoms with Gasteiger partial charge in [0.25, 0.3) is 5.91 Å². The molecular formula is C10H17ClN2O4S. The van der Waals surface area contributed by atoms with E-state index in [0.717, 1.165) is 0 Å². The van der Waals surface area contributed by atoms with Crippen molar-refractivity contribution < 1.29 is 17.4 Å². The van der Waals surface area contributed by atoms with E-state index in [0.29, 0.717) is 13.1 Å². The summed E-state index contributed by atoms with van der Waals surface area (Å²) in [6.07, 6.45) is 3.06. The van der Waals surface area contributed by atoms with Crippen molar-refractivity contribution in [1.82, 2.24) is 9.62 Å². The number of rotatable bonds is 10. The van der Waals surface area contributed by atoms with Crippen LogP contribution in [0.15, 0.2) is 25.3 Å². The molecule has 0 fully saturated rings. The number of alkyl halides is 1. The molecule has 6 nitrogen and oxygen atoms in total. The van der Waals surface area contributed by atoms with Crippen molar-refractivity contribution in [2.24, 2.45) is 0 Å². The number of carbonyl (C=O) groups excluding carboxylic acids is 1. The molecule has 0 aromatic rings. The Balaban J connectivity index is 4.29. The lowest BCUT2D eigenvalue weighted by atomic mass is 10.4. The number of nitrogens with one attached hydrogen (secondary N) is 1. The maximum absolute atomic E-state index is 11.6. The molecule has 18 heavy (non-hydrogen) atoms. The Bertz CT molecular complexity index is 373. The summed E-state index contributed by atoms with van der Waals surface area (Å²) in [6, 6.07) is 0. The van der Waals surface area contributed by atoms with Crippen molar-refractivity contribution in [3.8, 4) is 0 Å². The zero-order valence-corrected chi connectivity index (χ0v) is 11.5. The van der Waals surface area contributed by atoms with Gasteiger partial charge in [-0.05, 0) is 0 Å². The molecule has 104 valence electrons. The van der Waals surface area contributed by atoms with Crippen molar-refractivity contribution in [3.05, 3.63) is 25.3 Å². The van der Waals surface area contributed by atoms with Gasteiger partial charge in [-0.2, -0.15) is 13.1 Å². The second-order valence-electron chi connectivity index (χ2n) is 3.18. The van der Waals surface area contributed by atoms with Crippen LogP contribution < -0.4 is 4.72 Å². The molecule has 0 aliphatic carbocycles. The summed E-state index contributed by atoms with van der Waals surface area (Å²) < 4.78 is 29.0. The lowest BCUT2D eigenvalue weighted by Crippen LogP contribution is -2.37. The van der Waals surface area contributed by atoms with Crippen molar-refractivity contribution in [1.29, 1.82) is 0 Å². The first kappa shape index (κ1) is 17.1. The molecule has 0 bridgehead atoms. The molecule has 1 N–H and O–H groups in total. The number of hydrogen-bond donors (Lipinski definition) is 1. The summed E-state index contributed by atoms with van der Waals surface area (Å²) >= 11 is 5.32. The largest absolute Gasteiger partial charge is 0.336 e. The van der Waals surface area contributed by atoms with Gasteiger partial charge >= 0.3 is 10.3 Å². The average Bonchev–Trinajstić information content (AvgIpc) is 2.33. The number of carbonyl (C=O) groups is 1. The summed E-state index contributed by atoms with van der Waals surface area (Å²) in [5.74, 6) is -0.346. The van der Waals surface area contributed by atoms with Crippen LogP contribution in [0.3, 0.4) is 0 Å². The lowest BCUT2D eigenvalue weighted by Gasteiger charge is -2.18. The molecule has 0 aromatic heterocycles. The molecule has 0 atom stereocenters. The third-order valence-corrected chi connectivity index (χ3v) is 2.94. The van der Waals surface area contributed by atoms with Crippen molar-refractivity contribution in [3.63, 3.8) is 0 Å².